The fraction of sp³-hybridized carbons (Fsp3) is 1.00. The van der Waals surface area contributed by atoms with Crippen LogP contribution in [-0.2, 0) is 0 Å². The van der Waals surface area contributed by atoms with Crippen LogP contribution in [0.5, 0.6) is 0 Å². The molecule has 1 unspecified atom stereocenters. The van der Waals surface area contributed by atoms with Crippen LogP contribution in [0.1, 0.15) is 26.2 Å². The molecule has 1 atom stereocenters. The van der Waals surface area contributed by atoms with Gasteiger partial charge in [-0.1, -0.05) is 6.92 Å². The third-order valence-electron chi connectivity index (χ3n) is 2.07. The second-order valence-electron chi connectivity index (χ2n) is 2.76. The molecule has 58 valence electrons. The van der Waals surface area contributed by atoms with E-state index in [0.717, 1.165) is 12.8 Å². The summed E-state index contributed by atoms with van der Waals surface area (Å²) in [4.78, 5) is 9.72. The van der Waals surface area contributed by atoms with Crippen LogP contribution in [0.4, 0.5) is 0 Å². The van der Waals surface area contributed by atoms with Gasteiger partial charge in [0.15, 0.2) is 0 Å². The van der Waals surface area contributed by atoms with E-state index in [-0.39, 0.29) is 12.3 Å². The van der Waals surface area contributed by atoms with Crippen molar-refractivity contribution >= 4 is 0 Å². The minimum absolute atomic E-state index is 0.0903. The Morgan fingerprint density at radius 3 is 2.40 bits per heavy atom. The maximum absolute atomic E-state index is 10.3. The predicted octanol–water partition coefficient (Wildman–Crippen LogP) is 0.772. The number of rotatable bonds is 3. The summed E-state index contributed by atoms with van der Waals surface area (Å²) in [5.41, 5.74) is -1.62. The van der Waals surface area contributed by atoms with Crippen molar-refractivity contribution < 1.29 is 10.0 Å². The van der Waals surface area contributed by atoms with Gasteiger partial charge < -0.3 is 5.11 Å². The van der Waals surface area contributed by atoms with Crippen LogP contribution < -0.4 is 0 Å². The lowest BCUT2D eigenvalue weighted by atomic mass is 10.1. The van der Waals surface area contributed by atoms with Gasteiger partial charge in [-0.05, 0) is 12.8 Å². The Labute approximate surface area is 59.0 Å². The number of aliphatic hydroxyl groups is 1. The summed E-state index contributed by atoms with van der Waals surface area (Å²) < 4.78 is 0. The van der Waals surface area contributed by atoms with Crippen LogP contribution >= 0.6 is 0 Å². The number of nitrogens with zero attached hydrogens (tertiary/aromatic N) is 1. The zero-order chi connectivity index (χ0) is 7.78. The number of nitro groups is 1. The van der Waals surface area contributed by atoms with Gasteiger partial charge in [0.05, 0.1) is 10.8 Å². The lowest BCUT2D eigenvalue weighted by molar-refractivity contribution is -0.631. The van der Waals surface area contributed by atoms with Crippen LogP contribution in [0.15, 0.2) is 0 Å². The molecule has 0 aromatic heterocycles. The van der Waals surface area contributed by atoms with Crippen molar-refractivity contribution in [3.05, 3.63) is 10.1 Å². The fourth-order valence-corrected chi connectivity index (χ4v) is 1.11. The van der Waals surface area contributed by atoms with Gasteiger partial charge in [-0.25, -0.2) is 0 Å². The Balaban J connectivity index is 2.65. The third-order valence-corrected chi connectivity index (χ3v) is 2.07. The molecule has 0 radical (unpaired) electrons. The van der Waals surface area contributed by atoms with Gasteiger partial charge in [0.25, 0.3) is 0 Å². The van der Waals surface area contributed by atoms with Crippen LogP contribution in [0.2, 0.25) is 0 Å². The van der Waals surface area contributed by atoms with Crippen molar-refractivity contribution in [2.75, 3.05) is 0 Å². The molecule has 0 spiro atoms. The highest BCUT2D eigenvalue weighted by Crippen LogP contribution is 2.41. The van der Waals surface area contributed by atoms with E-state index in [0.29, 0.717) is 0 Å². The molecule has 1 aliphatic carbocycles. The topological polar surface area (TPSA) is 63.4 Å². The first-order valence-corrected chi connectivity index (χ1v) is 3.48. The molecule has 1 fully saturated rings. The highest BCUT2D eigenvalue weighted by molar-refractivity contribution is 4.85. The minimum atomic E-state index is -1.62. The quantitative estimate of drug-likeness (QED) is 0.362. The summed E-state index contributed by atoms with van der Waals surface area (Å²) in [6.45, 7) is 1.64. The van der Waals surface area contributed by atoms with Crippen molar-refractivity contribution in [1.82, 2.24) is 0 Å². The van der Waals surface area contributed by atoms with Gasteiger partial charge in [-0.2, -0.15) is 0 Å². The second-order valence-corrected chi connectivity index (χ2v) is 2.76. The largest absolute Gasteiger partial charge is 0.330 e. The summed E-state index contributed by atoms with van der Waals surface area (Å²) in [7, 11) is 0. The predicted molar refractivity (Wildman–Crippen MR) is 35.0 cm³/mol. The molecular weight excluding hydrogens is 134 g/mol. The van der Waals surface area contributed by atoms with Crippen LogP contribution in [0, 0.1) is 16.0 Å². The van der Waals surface area contributed by atoms with Crippen molar-refractivity contribution in [3.8, 4) is 0 Å². The van der Waals surface area contributed by atoms with Gasteiger partial charge in [-0.15, -0.1) is 0 Å². The van der Waals surface area contributed by atoms with Crippen LogP contribution in [-0.4, -0.2) is 15.8 Å². The second kappa shape index (κ2) is 2.20. The highest BCUT2D eigenvalue weighted by atomic mass is 16.7. The van der Waals surface area contributed by atoms with Gasteiger partial charge >= 0.3 is 5.72 Å². The Bertz CT molecular complexity index is 155. The standard InChI is InChI=1S/C6H11NO3/c1-2-6(8,7(9)10)5-3-4-5/h5,8H,2-4H2,1H3. The molecule has 0 aliphatic heterocycles. The molecule has 1 rings (SSSR count). The molecule has 1 saturated carbocycles. The van der Waals surface area contributed by atoms with Gasteiger partial charge in [0.1, 0.15) is 0 Å². The molecule has 10 heavy (non-hydrogen) atoms. The molecule has 0 aromatic rings. The van der Waals surface area contributed by atoms with Crippen molar-refractivity contribution in [2.24, 2.45) is 5.92 Å². The van der Waals surface area contributed by atoms with Crippen LogP contribution in [0.3, 0.4) is 0 Å². The average Bonchev–Trinajstić information content (AvgIpc) is 2.67. The van der Waals surface area contributed by atoms with Crippen molar-refractivity contribution in [1.29, 1.82) is 0 Å². The van der Waals surface area contributed by atoms with E-state index in [1.807, 2.05) is 0 Å². The Morgan fingerprint density at radius 2 is 2.30 bits per heavy atom. The van der Waals surface area contributed by atoms with Gasteiger partial charge in [0.2, 0.25) is 0 Å². The minimum Gasteiger partial charge on any atom is -0.330 e. The monoisotopic (exact) mass is 145 g/mol. The third kappa shape index (κ3) is 0.988. The van der Waals surface area contributed by atoms with Crippen LogP contribution in [0.25, 0.3) is 0 Å². The zero-order valence-corrected chi connectivity index (χ0v) is 5.91. The first kappa shape index (κ1) is 7.47. The van der Waals surface area contributed by atoms with E-state index >= 15 is 0 Å². The molecule has 0 bridgehead atoms. The first-order chi connectivity index (χ1) is 4.61. The lowest BCUT2D eigenvalue weighted by Gasteiger charge is -2.15. The number of hydrogen-bond donors (Lipinski definition) is 1. The summed E-state index contributed by atoms with van der Waals surface area (Å²) in [6.07, 6.45) is 1.81. The molecule has 0 aromatic carbocycles. The van der Waals surface area contributed by atoms with Crippen molar-refractivity contribution in [3.63, 3.8) is 0 Å². The molecule has 1 N–H and O–H groups in total. The van der Waals surface area contributed by atoms with E-state index in [4.69, 9.17) is 0 Å². The van der Waals surface area contributed by atoms with Crippen molar-refractivity contribution in [2.45, 2.75) is 31.9 Å². The Kier molecular flexibility index (Phi) is 1.64. The number of hydrogen-bond acceptors (Lipinski definition) is 3. The first-order valence-electron chi connectivity index (χ1n) is 3.48. The molecule has 0 saturated heterocycles. The smallest absolute Gasteiger partial charge is 0.324 e. The Morgan fingerprint density at radius 1 is 1.80 bits per heavy atom. The lowest BCUT2D eigenvalue weighted by Crippen LogP contribution is -2.39. The van der Waals surface area contributed by atoms with E-state index in [1.165, 1.54) is 0 Å². The molecule has 1 aliphatic rings. The maximum atomic E-state index is 10.3. The Hall–Kier alpha value is -0.640. The normalized spacial score (nSPS) is 23.8. The summed E-state index contributed by atoms with van der Waals surface area (Å²) >= 11 is 0. The average molecular weight is 145 g/mol. The molecular formula is C6H11NO3. The maximum Gasteiger partial charge on any atom is 0.324 e. The fourth-order valence-electron chi connectivity index (χ4n) is 1.11. The zero-order valence-electron chi connectivity index (χ0n) is 5.91. The highest BCUT2D eigenvalue weighted by Gasteiger charge is 2.52. The molecule has 0 heterocycles. The van der Waals surface area contributed by atoms with E-state index < -0.39 is 10.6 Å². The SMILES string of the molecule is CCC(O)(C1CC1)[N+](=O)[O-]. The summed E-state index contributed by atoms with van der Waals surface area (Å²) in [5.74, 6) is -0.0903. The van der Waals surface area contributed by atoms with Gasteiger partial charge in [-0.3, -0.25) is 10.1 Å². The molecule has 4 nitrogen and oxygen atoms in total. The van der Waals surface area contributed by atoms with Gasteiger partial charge in [0, 0.05) is 6.42 Å². The van der Waals surface area contributed by atoms with E-state index in [1.54, 1.807) is 6.92 Å². The van der Waals surface area contributed by atoms with E-state index in [9.17, 15) is 15.2 Å². The summed E-state index contributed by atoms with van der Waals surface area (Å²) in [6, 6.07) is 0. The summed E-state index contributed by atoms with van der Waals surface area (Å²) in [5, 5.41) is 19.6. The molecule has 0 amide bonds. The molecule has 4 heteroatoms. The van der Waals surface area contributed by atoms with E-state index in [2.05, 4.69) is 0 Å².